The normalized spacial score (nSPS) is 19.7. The van der Waals surface area contributed by atoms with Crippen molar-refractivity contribution in [3.63, 3.8) is 0 Å². The maximum Gasteiger partial charge on any atom is 0.419 e. The van der Waals surface area contributed by atoms with Crippen LogP contribution in [0.1, 0.15) is 19.3 Å². The summed E-state index contributed by atoms with van der Waals surface area (Å²) in [7, 11) is -2.06. The van der Waals surface area contributed by atoms with E-state index in [0.717, 1.165) is 19.3 Å². The van der Waals surface area contributed by atoms with Gasteiger partial charge in [0.15, 0.2) is 5.58 Å². The summed E-state index contributed by atoms with van der Waals surface area (Å²) >= 11 is 0. The molecule has 23 heavy (non-hydrogen) atoms. The molecule has 0 spiro atoms. The number of halogens is 1. The fourth-order valence-electron chi connectivity index (χ4n) is 2.94. The first kappa shape index (κ1) is 18.0. The third-order valence-corrected chi connectivity index (χ3v) is 6.16. The van der Waals surface area contributed by atoms with Crippen LogP contribution in [0.4, 0.5) is 0 Å². The minimum absolute atomic E-state index is 0. The third kappa shape index (κ3) is 3.03. The minimum Gasteiger partial charge on any atom is -0.408 e. The van der Waals surface area contributed by atoms with Crippen molar-refractivity contribution in [1.82, 2.24) is 8.87 Å². The number of sulfonamides is 1. The van der Waals surface area contributed by atoms with Gasteiger partial charge in [-0.3, -0.25) is 4.57 Å². The molecule has 1 aliphatic rings. The molecule has 2 N–H and O–H groups in total. The van der Waals surface area contributed by atoms with E-state index in [4.69, 9.17) is 10.2 Å². The number of hydrogen-bond acceptors (Lipinski definition) is 5. The first-order chi connectivity index (χ1) is 10.4. The third-order valence-electron chi connectivity index (χ3n) is 4.22. The molecular formula is C14H20ClN3O4S. The number of nitrogens with zero attached hydrogens (tertiary/aromatic N) is 2. The molecule has 3 rings (SSSR count). The number of aryl methyl sites for hydroxylation is 1. The first-order valence-corrected chi connectivity index (χ1v) is 8.70. The highest BCUT2D eigenvalue weighted by Crippen LogP contribution is 2.26. The first-order valence-electron chi connectivity index (χ1n) is 7.26. The molecule has 1 unspecified atom stereocenters. The molecule has 0 saturated carbocycles. The van der Waals surface area contributed by atoms with Crippen molar-refractivity contribution in [2.75, 3.05) is 13.1 Å². The molecular weight excluding hydrogens is 342 g/mol. The second-order valence-corrected chi connectivity index (χ2v) is 7.45. The monoisotopic (exact) mass is 361 g/mol. The summed E-state index contributed by atoms with van der Waals surface area (Å²) in [5.74, 6) is -0.512. The minimum atomic E-state index is -3.64. The molecule has 1 fully saturated rings. The summed E-state index contributed by atoms with van der Waals surface area (Å²) in [5.41, 5.74) is 6.55. The van der Waals surface area contributed by atoms with Crippen LogP contribution in [-0.4, -0.2) is 36.4 Å². The van der Waals surface area contributed by atoms with Gasteiger partial charge in [-0.15, -0.1) is 12.4 Å². The summed E-state index contributed by atoms with van der Waals surface area (Å²) in [6, 6.07) is 4.34. The summed E-state index contributed by atoms with van der Waals surface area (Å²) in [6.45, 7) is 0.781. The fraction of sp³-hybridized carbons (Fsp3) is 0.500. The van der Waals surface area contributed by atoms with Gasteiger partial charge in [0, 0.05) is 32.2 Å². The lowest BCUT2D eigenvalue weighted by Gasteiger charge is -2.33. The highest BCUT2D eigenvalue weighted by molar-refractivity contribution is 7.89. The Bertz CT molecular complexity index is 859. The molecule has 9 heteroatoms. The van der Waals surface area contributed by atoms with E-state index in [9.17, 15) is 13.2 Å². The summed E-state index contributed by atoms with van der Waals surface area (Å²) in [4.78, 5) is 11.7. The number of oxazole rings is 1. The number of benzene rings is 1. The maximum atomic E-state index is 12.8. The molecule has 7 nitrogen and oxygen atoms in total. The van der Waals surface area contributed by atoms with Crippen LogP contribution in [0.25, 0.3) is 11.1 Å². The maximum absolute atomic E-state index is 12.8. The molecule has 0 bridgehead atoms. The molecule has 0 aliphatic carbocycles. The number of nitrogens with two attached hydrogens (primary N) is 1. The van der Waals surface area contributed by atoms with Crippen molar-refractivity contribution in [3.05, 3.63) is 28.7 Å². The van der Waals surface area contributed by atoms with E-state index in [-0.39, 0.29) is 28.9 Å². The lowest BCUT2D eigenvalue weighted by atomic mass is 10.1. The molecule has 1 aliphatic heterocycles. The zero-order valence-electron chi connectivity index (χ0n) is 12.8. The van der Waals surface area contributed by atoms with E-state index < -0.39 is 15.8 Å². The van der Waals surface area contributed by atoms with E-state index >= 15 is 0 Å². The SMILES string of the molecule is Cl.Cn1c(=O)oc2cc(S(=O)(=O)N3CCCCC3CN)ccc21. The van der Waals surface area contributed by atoms with Crippen LogP contribution in [0.2, 0.25) is 0 Å². The molecule has 2 aromatic rings. The molecule has 1 atom stereocenters. The van der Waals surface area contributed by atoms with Crippen LogP contribution in [-0.2, 0) is 17.1 Å². The Kier molecular flexibility index (Phi) is 5.20. The molecule has 1 aromatic carbocycles. The van der Waals surface area contributed by atoms with Crippen LogP contribution in [0.5, 0.6) is 0 Å². The summed E-state index contributed by atoms with van der Waals surface area (Å²) < 4.78 is 33.6. The fourth-order valence-corrected chi connectivity index (χ4v) is 4.66. The lowest BCUT2D eigenvalue weighted by molar-refractivity contribution is 0.257. The van der Waals surface area contributed by atoms with Crippen LogP contribution >= 0.6 is 12.4 Å². The van der Waals surface area contributed by atoms with Gasteiger partial charge < -0.3 is 10.2 Å². The Morgan fingerprint density at radius 2 is 2.09 bits per heavy atom. The zero-order valence-corrected chi connectivity index (χ0v) is 14.4. The van der Waals surface area contributed by atoms with Gasteiger partial charge in [0.05, 0.1) is 10.4 Å². The molecule has 2 heterocycles. The smallest absolute Gasteiger partial charge is 0.408 e. The lowest BCUT2D eigenvalue weighted by Crippen LogP contribution is -2.47. The van der Waals surface area contributed by atoms with Gasteiger partial charge in [0.2, 0.25) is 10.0 Å². The van der Waals surface area contributed by atoms with Crippen molar-refractivity contribution in [3.8, 4) is 0 Å². The highest BCUT2D eigenvalue weighted by atomic mass is 35.5. The predicted octanol–water partition coefficient (Wildman–Crippen LogP) is 1.06. The van der Waals surface area contributed by atoms with Crippen molar-refractivity contribution in [2.45, 2.75) is 30.2 Å². The van der Waals surface area contributed by atoms with Crippen molar-refractivity contribution in [2.24, 2.45) is 12.8 Å². The Labute approximate surface area is 140 Å². The Balaban J connectivity index is 0.00000192. The Hall–Kier alpha value is -1.35. The second kappa shape index (κ2) is 6.64. The summed E-state index contributed by atoms with van der Waals surface area (Å²) in [5, 5.41) is 0. The highest BCUT2D eigenvalue weighted by Gasteiger charge is 2.33. The van der Waals surface area contributed by atoms with Crippen molar-refractivity contribution < 1.29 is 12.8 Å². The van der Waals surface area contributed by atoms with Gasteiger partial charge in [-0.2, -0.15) is 4.31 Å². The second-order valence-electron chi connectivity index (χ2n) is 5.56. The van der Waals surface area contributed by atoms with E-state index in [1.54, 1.807) is 13.1 Å². The number of aromatic nitrogens is 1. The Morgan fingerprint density at radius 3 is 2.78 bits per heavy atom. The van der Waals surface area contributed by atoms with E-state index in [0.29, 0.717) is 18.6 Å². The quantitative estimate of drug-likeness (QED) is 0.881. The Morgan fingerprint density at radius 1 is 1.35 bits per heavy atom. The van der Waals surface area contributed by atoms with Gasteiger partial charge >= 0.3 is 5.76 Å². The standard InChI is InChI=1S/C14H19N3O4S.ClH/c1-16-12-6-5-11(8-13(12)21-14(16)18)22(19,20)17-7-3-2-4-10(17)9-15;/h5-6,8,10H,2-4,7,9,15H2,1H3;1H. The number of piperidine rings is 1. The van der Waals surface area contributed by atoms with Gasteiger partial charge in [0.25, 0.3) is 0 Å². The molecule has 1 aromatic heterocycles. The van der Waals surface area contributed by atoms with E-state index in [2.05, 4.69) is 0 Å². The number of hydrogen-bond donors (Lipinski definition) is 1. The average molecular weight is 362 g/mol. The number of fused-ring (bicyclic) bond motifs is 1. The number of rotatable bonds is 3. The van der Waals surface area contributed by atoms with Gasteiger partial charge in [-0.05, 0) is 25.0 Å². The molecule has 0 amide bonds. The molecule has 128 valence electrons. The topological polar surface area (TPSA) is 98.5 Å². The van der Waals surface area contributed by atoms with Crippen LogP contribution < -0.4 is 11.5 Å². The zero-order chi connectivity index (χ0) is 15.9. The van der Waals surface area contributed by atoms with Crippen molar-refractivity contribution in [1.29, 1.82) is 0 Å². The molecule has 1 saturated heterocycles. The van der Waals surface area contributed by atoms with Gasteiger partial charge in [-0.1, -0.05) is 6.42 Å². The van der Waals surface area contributed by atoms with Gasteiger partial charge in [0.1, 0.15) is 0 Å². The van der Waals surface area contributed by atoms with Crippen LogP contribution in [0.15, 0.2) is 32.3 Å². The van der Waals surface area contributed by atoms with Crippen LogP contribution in [0.3, 0.4) is 0 Å². The van der Waals surface area contributed by atoms with E-state index in [1.165, 1.54) is 21.0 Å². The summed E-state index contributed by atoms with van der Waals surface area (Å²) in [6.07, 6.45) is 2.59. The largest absolute Gasteiger partial charge is 0.419 e. The predicted molar refractivity (Wildman–Crippen MR) is 89.3 cm³/mol. The van der Waals surface area contributed by atoms with Crippen molar-refractivity contribution >= 4 is 33.5 Å². The molecule has 0 radical (unpaired) electrons. The van der Waals surface area contributed by atoms with E-state index in [1.807, 2.05) is 0 Å². The van der Waals surface area contributed by atoms with Crippen LogP contribution in [0, 0.1) is 0 Å². The van der Waals surface area contributed by atoms with Gasteiger partial charge in [-0.25, -0.2) is 13.2 Å². The average Bonchev–Trinajstić information content (AvgIpc) is 2.81.